The molecule has 2 aromatic rings. The fraction of sp³-hybridized carbons (Fsp3) is 0.538. The maximum atomic E-state index is 10.6. The molecule has 46 heavy (non-hydrogen) atoms. The number of carboxylic acids is 3. The number of likely N-dealkylation sites (N-methyl/N-ethyl adjacent to an activating group) is 1. The van der Waals surface area contributed by atoms with E-state index in [4.69, 9.17) is 38.9 Å². The van der Waals surface area contributed by atoms with Gasteiger partial charge in [-0.25, -0.2) is 14.4 Å². The molecule has 2 aliphatic heterocycles. The molecule has 0 bridgehead atoms. The van der Waals surface area contributed by atoms with Gasteiger partial charge in [0.15, 0.2) is 0 Å². The van der Waals surface area contributed by atoms with Gasteiger partial charge in [-0.3, -0.25) is 14.8 Å². The molecular weight excluding hydrogens is 653 g/mol. The van der Waals surface area contributed by atoms with Crippen molar-refractivity contribution in [2.75, 3.05) is 26.7 Å². The number of aliphatic carboxylic acids is 3. The number of hydrogen-bond acceptors (Lipinski definition) is 8. The van der Waals surface area contributed by atoms with Crippen molar-refractivity contribution in [1.82, 2.24) is 14.8 Å². The molecule has 0 radical (unpaired) electrons. The summed E-state index contributed by atoms with van der Waals surface area (Å²) in [7, 11) is 2.19. The van der Waals surface area contributed by atoms with E-state index in [1.165, 1.54) is 5.56 Å². The summed E-state index contributed by atoms with van der Waals surface area (Å²) in [6, 6.07) is 8.66. The number of alkyl halides is 9. The van der Waals surface area contributed by atoms with Crippen LogP contribution in [0.25, 0.3) is 0 Å². The zero-order valence-electron chi connectivity index (χ0n) is 23.9. The third kappa shape index (κ3) is 14.9. The van der Waals surface area contributed by atoms with E-state index >= 15 is 0 Å². The highest BCUT2D eigenvalue weighted by Crippen LogP contribution is 2.38. The number of furan rings is 1. The fourth-order valence-electron chi connectivity index (χ4n) is 4.09. The van der Waals surface area contributed by atoms with Crippen LogP contribution in [0.3, 0.4) is 0 Å². The van der Waals surface area contributed by atoms with Gasteiger partial charge >= 0.3 is 36.4 Å². The molecule has 2 saturated heterocycles. The number of carboxylic acid groups (broad SMARTS) is 3. The van der Waals surface area contributed by atoms with Gasteiger partial charge in [-0.2, -0.15) is 39.5 Å². The molecule has 2 aliphatic rings. The minimum absolute atomic E-state index is 0.0793. The highest BCUT2D eigenvalue weighted by atomic mass is 19.4. The van der Waals surface area contributed by atoms with Crippen LogP contribution in [0.4, 0.5) is 39.5 Å². The summed E-state index contributed by atoms with van der Waals surface area (Å²) < 4.78 is 107. The predicted octanol–water partition coefficient (Wildman–Crippen LogP) is 4.83. The molecule has 260 valence electrons. The van der Waals surface area contributed by atoms with Crippen LogP contribution in [0.1, 0.15) is 30.5 Å². The van der Waals surface area contributed by atoms with E-state index in [-0.39, 0.29) is 5.60 Å². The number of hydrogen-bond donors (Lipinski definition) is 3. The number of likely N-dealkylation sites (tertiary alicyclic amines) is 1. The van der Waals surface area contributed by atoms with Crippen molar-refractivity contribution in [2.24, 2.45) is 0 Å². The minimum Gasteiger partial charge on any atom is -0.475 e. The van der Waals surface area contributed by atoms with Gasteiger partial charge in [0, 0.05) is 44.0 Å². The number of nitrogens with zero attached hydrogens (tertiary/aromatic N) is 3. The molecule has 4 heterocycles. The van der Waals surface area contributed by atoms with Crippen molar-refractivity contribution < 1.29 is 78.4 Å². The van der Waals surface area contributed by atoms with Crippen molar-refractivity contribution in [3.63, 3.8) is 0 Å². The van der Waals surface area contributed by atoms with Gasteiger partial charge in [0.25, 0.3) is 0 Å². The molecule has 0 saturated carbocycles. The number of aromatic nitrogens is 1. The largest absolute Gasteiger partial charge is 0.490 e. The van der Waals surface area contributed by atoms with E-state index in [9.17, 15) is 39.5 Å². The van der Waals surface area contributed by atoms with E-state index in [0.717, 1.165) is 57.7 Å². The van der Waals surface area contributed by atoms with Crippen LogP contribution in [-0.2, 0) is 32.2 Å². The van der Waals surface area contributed by atoms with Crippen LogP contribution >= 0.6 is 0 Å². The number of pyridine rings is 1. The first kappa shape index (κ1) is 40.1. The molecule has 1 spiro atoms. The van der Waals surface area contributed by atoms with Crippen molar-refractivity contribution in [2.45, 2.75) is 62.5 Å². The molecule has 0 amide bonds. The molecule has 1 unspecified atom stereocenters. The molecule has 11 nitrogen and oxygen atoms in total. The number of rotatable bonds is 5. The zero-order chi connectivity index (χ0) is 35.3. The first-order valence-corrected chi connectivity index (χ1v) is 12.9. The summed E-state index contributed by atoms with van der Waals surface area (Å²) in [5.74, 6) is -8.27. The van der Waals surface area contributed by atoms with Crippen LogP contribution in [0, 0.1) is 0 Å². The van der Waals surface area contributed by atoms with Gasteiger partial charge in [0.05, 0.1) is 30.4 Å². The topological polar surface area (TPSA) is 154 Å². The van der Waals surface area contributed by atoms with E-state index in [1.54, 1.807) is 6.26 Å². The Hall–Kier alpha value is -3.91. The smallest absolute Gasteiger partial charge is 0.475 e. The SMILES string of the molecule is CN(Cc1ccccn1)C1COC2(CCN(Cc3ccoc3)CC2)C1.O=C(O)C(F)(F)F.O=C(O)C(F)(F)F.O=C(O)C(F)(F)F. The van der Waals surface area contributed by atoms with Gasteiger partial charge < -0.3 is 24.5 Å². The monoisotopic (exact) mass is 683 g/mol. The van der Waals surface area contributed by atoms with Gasteiger partial charge in [-0.1, -0.05) is 6.07 Å². The van der Waals surface area contributed by atoms with E-state index < -0.39 is 36.4 Å². The summed E-state index contributed by atoms with van der Waals surface area (Å²) in [6.07, 6.45) is -6.40. The Morgan fingerprint density at radius 2 is 1.41 bits per heavy atom. The summed E-state index contributed by atoms with van der Waals surface area (Å²) in [5.41, 5.74) is 2.47. The van der Waals surface area contributed by atoms with Crippen molar-refractivity contribution in [3.05, 3.63) is 54.2 Å². The second kappa shape index (κ2) is 17.1. The predicted molar refractivity (Wildman–Crippen MR) is 137 cm³/mol. The Morgan fingerprint density at radius 3 is 1.80 bits per heavy atom. The molecule has 2 fully saturated rings. The van der Waals surface area contributed by atoms with Crippen molar-refractivity contribution >= 4 is 17.9 Å². The Kier molecular flexibility index (Phi) is 14.9. The Bertz CT molecular complexity index is 1160. The standard InChI is InChI=1S/C20H27N3O2.3C2HF3O2/c1-22(14-18-4-2-3-8-21-18)19-12-20(25-16-19)6-9-23(10-7-20)13-17-5-11-24-15-17;3*3-2(4,5)1(6)7/h2-5,8,11,15,19H,6-7,9-10,12-14,16H2,1H3;3*(H,6,7). The van der Waals surface area contributed by atoms with Crippen LogP contribution in [0.15, 0.2) is 47.4 Å². The summed E-state index contributed by atoms with van der Waals surface area (Å²) in [4.78, 5) is 36.0. The van der Waals surface area contributed by atoms with Gasteiger partial charge in [0.1, 0.15) is 0 Å². The van der Waals surface area contributed by atoms with Gasteiger partial charge in [0.2, 0.25) is 0 Å². The van der Waals surface area contributed by atoms with E-state index in [0.29, 0.717) is 6.04 Å². The number of halogens is 9. The summed E-state index contributed by atoms with van der Waals surface area (Å²) in [5, 5.41) is 21.4. The zero-order valence-corrected chi connectivity index (χ0v) is 23.9. The molecule has 0 aromatic carbocycles. The Morgan fingerprint density at radius 1 is 0.913 bits per heavy atom. The lowest BCUT2D eigenvalue weighted by Gasteiger charge is -2.38. The molecule has 20 heteroatoms. The Balaban J connectivity index is 0.000000413. The molecule has 2 aromatic heterocycles. The van der Waals surface area contributed by atoms with E-state index in [2.05, 4.69) is 40.0 Å². The fourth-order valence-corrected chi connectivity index (χ4v) is 4.09. The highest BCUT2D eigenvalue weighted by molar-refractivity contribution is 5.73. The second-order valence-corrected chi connectivity index (χ2v) is 9.90. The average Bonchev–Trinajstić information content (AvgIpc) is 3.61. The molecule has 1 atom stereocenters. The lowest BCUT2D eigenvalue weighted by atomic mass is 9.87. The molecule has 4 rings (SSSR count). The highest BCUT2D eigenvalue weighted by Gasteiger charge is 2.44. The molecule has 0 aliphatic carbocycles. The minimum atomic E-state index is -5.08. The third-order valence-corrected chi connectivity index (χ3v) is 6.43. The Labute approximate surface area is 255 Å². The second-order valence-electron chi connectivity index (χ2n) is 9.90. The van der Waals surface area contributed by atoms with Crippen molar-refractivity contribution in [1.29, 1.82) is 0 Å². The van der Waals surface area contributed by atoms with Crippen LogP contribution in [-0.4, -0.2) is 105 Å². The lowest BCUT2D eigenvalue weighted by Crippen LogP contribution is -2.44. The van der Waals surface area contributed by atoms with Crippen LogP contribution in [0.2, 0.25) is 0 Å². The summed E-state index contributed by atoms with van der Waals surface area (Å²) in [6.45, 7) is 4.90. The van der Waals surface area contributed by atoms with Crippen LogP contribution in [0.5, 0.6) is 0 Å². The van der Waals surface area contributed by atoms with Crippen molar-refractivity contribution in [3.8, 4) is 0 Å². The first-order valence-electron chi connectivity index (χ1n) is 12.9. The number of piperidine rings is 1. The van der Waals surface area contributed by atoms with E-state index in [1.807, 2.05) is 18.5 Å². The molecule has 3 N–H and O–H groups in total. The third-order valence-electron chi connectivity index (χ3n) is 6.43. The number of carbonyl (C=O) groups is 3. The maximum absolute atomic E-state index is 10.6. The lowest BCUT2D eigenvalue weighted by molar-refractivity contribution is -0.193. The summed E-state index contributed by atoms with van der Waals surface area (Å²) >= 11 is 0. The average molecular weight is 684 g/mol. The van der Waals surface area contributed by atoms with Crippen LogP contribution < -0.4 is 0 Å². The normalized spacial score (nSPS) is 17.9. The first-order chi connectivity index (χ1) is 21.1. The molecular formula is C26H30F9N3O8. The maximum Gasteiger partial charge on any atom is 0.490 e. The van der Waals surface area contributed by atoms with Gasteiger partial charge in [-0.15, -0.1) is 0 Å². The quantitative estimate of drug-likeness (QED) is 0.372. The van der Waals surface area contributed by atoms with Gasteiger partial charge in [-0.05, 0) is 44.5 Å². The number of ether oxygens (including phenoxy) is 1.